The van der Waals surface area contributed by atoms with Crippen LogP contribution in [0.4, 0.5) is 16.5 Å². The molecule has 0 fully saturated rings. The maximum atomic E-state index is 12.6. The van der Waals surface area contributed by atoms with Crippen LogP contribution < -0.4 is 15.0 Å². The molecule has 0 bridgehead atoms. The van der Waals surface area contributed by atoms with Crippen molar-refractivity contribution in [3.63, 3.8) is 0 Å². The standard InChI is InChI=1S/C19H20N4O2S2/c1-13(17(24)23(2)15-9-5-4-6-10-15)26-19-22-21-18(27-19)20-14-8-7-11-16(12-14)25-3/h4-13H,1-3H3,(H,20,21)/t13-/m0/s1. The number of amides is 1. The minimum absolute atomic E-state index is 0.0173. The summed E-state index contributed by atoms with van der Waals surface area (Å²) in [5, 5.41) is 11.9. The molecule has 0 spiro atoms. The number of thioether (sulfide) groups is 1. The Morgan fingerprint density at radius 2 is 1.96 bits per heavy atom. The van der Waals surface area contributed by atoms with Gasteiger partial charge in [0.2, 0.25) is 11.0 Å². The molecule has 1 atom stereocenters. The van der Waals surface area contributed by atoms with E-state index in [1.807, 2.05) is 61.5 Å². The van der Waals surface area contributed by atoms with Gasteiger partial charge in [-0.25, -0.2) is 0 Å². The van der Waals surface area contributed by atoms with Crippen LogP contribution in [-0.4, -0.2) is 35.5 Å². The van der Waals surface area contributed by atoms with Crippen molar-refractivity contribution in [2.24, 2.45) is 0 Å². The van der Waals surface area contributed by atoms with Gasteiger partial charge in [-0.15, -0.1) is 10.2 Å². The SMILES string of the molecule is COc1cccc(Nc2nnc(S[C@@H](C)C(=O)N(C)c3ccccc3)s2)c1. The number of carbonyl (C=O) groups excluding carboxylic acids is 1. The lowest BCUT2D eigenvalue weighted by atomic mass is 10.3. The number of para-hydroxylation sites is 1. The number of rotatable bonds is 7. The summed E-state index contributed by atoms with van der Waals surface area (Å²) >= 11 is 2.82. The number of carbonyl (C=O) groups is 1. The van der Waals surface area contributed by atoms with Gasteiger partial charge in [-0.05, 0) is 31.2 Å². The molecule has 0 radical (unpaired) electrons. The van der Waals surface area contributed by atoms with Gasteiger partial charge in [-0.2, -0.15) is 0 Å². The first kappa shape index (κ1) is 19.2. The number of aromatic nitrogens is 2. The van der Waals surface area contributed by atoms with Gasteiger partial charge >= 0.3 is 0 Å². The first-order valence-electron chi connectivity index (χ1n) is 8.30. The van der Waals surface area contributed by atoms with Gasteiger partial charge in [0, 0.05) is 24.5 Å². The first-order chi connectivity index (χ1) is 13.1. The van der Waals surface area contributed by atoms with E-state index < -0.39 is 0 Å². The quantitative estimate of drug-likeness (QED) is 0.592. The number of methoxy groups -OCH3 is 1. The fraction of sp³-hybridized carbons (Fsp3) is 0.211. The Morgan fingerprint density at radius 1 is 1.19 bits per heavy atom. The zero-order valence-electron chi connectivity index (χ0n) is 15.2. The molecule has 8 heteroatoms. The lowest BCUT2D eigenvalue weighted by Gasteiger charge is -2.20. The van der Waals surface area contributed by atoms with Crippen LogP contribution in [0, 0.1) is 0 Å². The molecular formula is C19H20N4O2S2. The summed E-state index contributed by atoms with van der Waals surface area (Å²) in [7, 11) is 3.41. The van der Waals surface area contributed by atoms with E-state index in [2.05, 4.69) is 15.5 Å². The maximum absolute atomic E-state index is 12.6. The zero-order valence-corrected chi connectivity index (χ0v) is 16.9. The number of benzene rings is 2. The zero-order chi connectivity index (χ0) is 19.2. The molecule has 2 aromatic carbocycles. The molecule has 0 saturated heterocycles. The molecule has 1 heterocycles. The summed E-state index contributed by atoms with van der Waals surface area (Å²) < 4.78 is 5.96. The van der Waals surface area contributed by atoms with Crippen LogP contribution in [-0.2, 0) is 4.79 Å². The van der Waals surface area contributed by atoms with Gasteiger partial charge in [-0.1, -0.05) is 47.4 Å². The average molecular weight is 401 g/mol. The highest BCUT2D eigenvalue weighted by Crippen LogP contribution is 2.32. The van der Waals surface area contributed by atoms with Crippen molar-refractivity contribution in [2.45, 2.75) is 16.5 Å². The topological polar surface area (TPSA) is 67.3 Å². The average Bonchev–Trinajstić information content (AvgIpc) is 3.14. The summed E-state index contributed by atoms with van der Waals surface area (Å²) in [5.74, 6) is 0.783. The fourth-order valence-electron chi connectivity index (χ4n) is 2.39. The van der Waals surface area contributed by atoms with Crippen molar-refractivity contribution in [1.29, 1.82) is 0 Å². The Kier molecular flexibility index (Phi) is 6.31. The molecule has 0 aliphatic heterocycles. The Morgan fingerprint density at radius 3 is 2.70 bits per heavy atom. The summed E-state index contributed by atoms with van der Waals surface area (Å²) in [5.41, 5.74) is 1.74. The third kappa shape index (κ3) is 4.99. The second-order valence-electron chi connectivity index (χ2n) is 5.72. The fourth-order valence-corrected chi connectivity index (χ4v) is 4.39. The molecular weight excluding hydrogens is 380 g/mol. The normalized spacial score (nSPS) is 11.7. The Balaban J connectivity index is 1.62. The summed E-state index contributed by atoms with van der Waals surface area (Å²) in [6, 6.07) is 17.2. The Bertz CT molecular complexity index is 901. The second kappa shape index (κ2) is 8.88. The van der Waals surface area contributed by atoms with Gasteiger partial charge < -0.3 is 15.0 Å². The van der Waals surface area contributed by atoms with Crippen LogP contribution in [0.3, 0.4) is 0 Å². The molecule has 0 saturated carbocycles. The van der Waals surface area contributed by atoms with E-state index in [4.69, 9.17) is 4.74 Å². The third-order valence-electron chi connectivity index (χ3n) is 3.83. The van der Waals surface area contributed by atoms with Gasteiger partial charge in [0.25, 0.3) is 0 Å². The molecule has 6 nitrogen and oxygen atoms in total. The molecule has 0 aliphatic carbocycles. The molecule has 1 aromatic heterocycles. The van der Waals surface area contributed by atoms with E-state index in [-0.39, 0.29) is 11.2 Å². The van der Waals surface area contributed by atoms with Crippen molar-refractivity contribution in [2.75, 3.05) is 24.4 Å². The number of ether oxygens (including phenoxy) is 1. The smallest absolute Gasteiger partial charge is 0.240 e. The largest absolute Gasteiger partial charge is 0.497 e. The van der Waals surface area contributed by atoms with E-state index >= 15 is 0 Å². The minimum Gasteiger partial charge on any atom is -0.497 e. The monoisotopic (exact) mass is 400 g/mol. The summed E-state index contributed by atoms with van der Waals surface area (Å²) in [6.07, 6.45) is 0. The number of hydrogen-bond acceptors (Lipinski definition) is 7. The maximum Gasteiger partial charge on any atom is 0.240 e. The molecule has 140 valence electrons. The highest BCUT2D eigenvalue weighted by atomic mass is 32.2. The minimum atomic E-state index is -0.271. The van der Waals surface area contributed by atoms with E-state index in [1.54, 1.807) is 19.1 Å². The van der Waals surface area contributed by atoms with Crippen LogP contribution in [0.25, 0.3) is 0 Å². The number of nitrogens with zero attached hydrogens (tertiary/aromatic N) is 3. The van der Waals surface area contributed by atoms with E-state index in [9.17, 15) is 4.79 Å². The molecule has 27 heavy (non-hydrogen) atoms. The Labute approximate surface area is 166 Å². The number of anilines is 3. The van der Waals surface area contributed by atoms with Gasteiger partial charge in [0.15, 0.2) is 4.34 Å². The van der Waals surface area contributed by atoms with Gasteiger partial charge in [0.05, 0.1) is 12.4 Å². The van der Waals surface area contributed by atoms with E-state index in [0.717, 1.165) is 21.5 Å². The van der Waals surface area contributed by atoms with Crippen LogP contribution in [0.1, 0.15) is 6.92 Å². The lowest BCUT2D eigenvalue weighted by Crippen LogP contribution is -2.33. The van der Waals surface area contributed by atoms with Gasteiger partial charge in [-0.3, -0.25) is 4.79 Å². The predicted molar refractivity (Wildman–Crippen MR) is 111 cm³/mol. The molecule has 1 amide bonds. The van der Waals surface area contributed by atoms with E-state index in [0.29, 0.717) is 5.13 Å². The van der Waals surface area contributed by atoms with Crippen LogP contribution in [0.15, 0.2) is 58.9 Å². The molecule has 3 aromatic rings. The molecule has 0 unspecified atom stereocenters. The highest BCUT2D eigenvalue weighted by Gasteiger charge is 2.21. The van der Waals surface area contributed by atoms with Crippen molar-refractivity contribution >= 4 is 45.5 Å². The van der Waals surface area contributed by atoms with Gasteiger partial charge in [0.1, 0.15) is 5.75 Å². The Hall–Kier alpha value is -2.58. The van der Waals surface area contributed by atoms with Crippen LogP contribution in [0.5, 0.6) is 5.75 Å². The molecule has 3 rings (SSSR count). The summed E-state index contributed by atoms with van der Waals surface area (Å²) in [4.78, 5) is 14.3. The van der Waals surface area contributed by atoms with Crippen LogP contribution >= 0.6 is 23.1 Å². The van der Waals surface area contributed by atoms with Crippen molar-refractivity contribution < 1.29 is 9.53 Å². The van der Waals surface area contributed by atoms with Crippen molar-refractivity contribution in [1.82, 2.24) is 10.2 Å². The van der Waals surface area contributed by atoms with Crippen LogP contribution in [0.2, 0.25) is 0 Å². The molecule has 1 N–H and O–H groups in total. The van der Waals surface area contributed by atoms with Crippen molar-refractivity contribution in [3.05, 3.63) is 54.6 Å². The molecule has 0 aliphatic rings. The number of nitrogens with one attached hydrogen (secondary N) is 1. The third-order valence-corrected chi connectivity index (χ3v) is 5.84. The van der Waals surface area contributed by atoms with Crippen molar-refractivity contribution in [3.8, 4) is 5.75 Å². The summed E-state index contributed by atoms with van der Waals surface area (Å²) in [6.45, 7) is 1.88. The highest BCUT2D eigenvalue weighted by molar-refractivity contribution is 8.02. The number of hydrogen-bond donors (Lipinski definition) is 1. The second-order valence-corrected chi connectivity index (χ2v) is 8.29. The predicted octanol–water partition coefficient (Wildman–Crippen LogP) is 4.43. The van der Waals surface area contributed by atoms with E-state index in [1.165, 1.54) is 23.1 Å². The first-order valence-corrected chi connectivity index (χ1v) is 10.0. The lowest BCUT2D eigenvalue weighted by molar-refractivity contribution is -0.117.